The number of aliphatic carboxylic acids is 1. The lowest BCUT2D eigenvalue weighted by Crippen LogP contribution is -2.69. The van der Waals surface area contributed by atoms with Crippen molar-refractivity contribution in [3.05, 3.63) is 22.4 Å². The van der Waals surface area contributed by atoms with Gasteiger partial charge in [0.1, 0.15) is 18.1 Å². The van der Waals surface area contributed by atoms with Crippen LogP contribution in [0, 0.1) is 5.92 Å². The summed E-state index contributed by atoms with van der Waals surface area (Å²) < 4.78 is 0. The molecule has 1 aromatic rings. The monoisotopic (exact) mass is 325 g/mol. The van der Waals surface area contributed by atoms with Crippen molar-refractivity contribution < 1.29 is 19.5 Å². The average Bonchev–Trinajstić information content (AvgIpc) is 2.97. The molecule has 1 aliphatic rings. The average molecular weight is 325 g/mol. The van der Waals surface area contributed by atoms with Gasteiger partial charge in [-0.1, -0.05) is 19.9 Å². The van der Waals surface area contributed by atoms with Crippen molar-refractivity contribution in [2.24, 2.45) is 11.7 Å². The summed E-state index contributed by atoms with van der Waals surface area (Å²) in [5, 5.41) is 13.6. The molecule has 0 aromatic carbocycles. The Kier molecular flexibility index (Phi) is 4.82. The predicted molar refractivity (Wildman–Crippen MR) is 81.2 cm³/mol. The Morgan fingerprint density at radius 3 is 2.64 bits per heavy atom. The number of nitrogens with two attached hydrogens (primary N) is 1. The molecule has 4 N–H and O–H groups in total. The normalized spacial score (nSPS) is 20.5. The number of amides is 2. The van der Waals surface area contributed by atoms with E-state index in [0.29, 0.717) is 4.88 Å². The first-order valence-corrected chi connectivity index (χ1v) is 7.83. The molecule has 1 fully saturated rings. The van der Waals surface area contributed by atoms with Gasteiger partial charge in [-0.15, -0.1) is 11.3 Å². The molecule has 0 aliphatic carbocycles. The van der Waals surface area contributed by atoms with Gasteiger partial charge >= 0.3 is 5.97 Å². The zero-order valence-electron chi connectivity index (χ0n) is 12.4. The molecule has 0 bridgehead atoms. The molecule has 2 rings (SSSR count). The van der Waals surface area contributed by atoms with Crippen LogP contribution >= 0.6 is 11.3 Å². The number of thiophene rings is 1. The molecule has 2 amide bonds. The van der Waals surface area contributed by atoms with E-state index >= 15 is 0 Å². The molecule has 1 saturated heterocycles. The highest BCUT2D eigenvalue weighted by molar-refractivity contribution is 7.10. The Balaban J connectivity index is 1.93. The van der Waals surface area contributed by atoms with Gasteiger partial charge in [0.2, 0.25) is 11.8 Å². The van der Waals surface area contributed by atoms with Crippen molar-refractivity contribution in [1.82, 2.24) is 10.2 Å². The van der Waals surface area contributed by atoms with Crippen LogP contribution in [0.1, 0.15) is 24.8 Å². The second kappa shape index (κ2) is 6.45. The van der Waals surface area contributed by atoms with Gasteiger partial charge in [-0.3, -0.25) is 9.59 Å². The van der Waals surface area contributed by atoms with Crippen molar-refractivity contribution in [3.8, 4) is 0 Å². The molecule has 2 heterocycles. The van der Waals surface area contributed by atoms with Crippen LogP contribution in [0.3, 0.4) is 0 Å². The molecule has 7 nitrogen and oxygen atoms in total. The zero-order chi connectivity index (χ0) is 16.4. The zero-order valence-corrected chi connectivity index (χ0v) is 13.2. The molecule has 3 unspecified atom stereocenters. The molecule has 3 atom stereocenters. The summed E-state index contributed by atoms with van der Waals surface area (Å²) in [5.41, 5.74) is 5.83. The quantitative estimate of drug-likeness (QED) is 0.646. The van der Waals surface area contributed by atoms with Crippen molar-refractivity contribution in [1.29, 1.82) is 0 Å². The summed E-state index contributed by atoms with van der Waals surface area (Å²) in [6, 6.07) is 1.17. The number of carbonyl (C=O) groups excluding carboxylic acids is 2. The smallest absolute Gasteiger partial charge is 0.326 e. The number of β-lactam (4-membered cyclic amide) rings is 1. The van der Waals surface area contributed by atoms with Crippen LogP contribution in [0.5, 0.6) is 0 Å². The molecular formula is C14H19N3O4S. The molecule has 120 valence electrons. The van der Waals surface area contributed by atoms with E-state index in [2.05, 4.69) is 5.32 Å². The Hall–Kier alpha value is -1.93. The standard InChI is InChI=1S/C14H19N3O4S/c1-7(2)11(14(20)21)17-6-8(13(17)19)16-12(18)10(15)9-4-3-5-22-9/h3-5,7-8,10-11H,6,15H2,1-2H3,(H,16,18)(H,20,21). The van der Waals surface area contributed by atoms with E-state index in [1.54, 1.807) is 26.0 Å². The van der Waals surface area contributed by atoms with Gasteiger partial charge in [0.05, 0.1) is 6.54 Å². The molecule has 8 heteroatoms. The first kappa shape index (κ1) is 16.4. The van der Waals surface area contributed by atoms with Crippen LogP contribution in [0.4, 0.5) is 0 Å². The lowest BCUT2D eigenvalue weighted by atomic mass is 9.96. The maximum Gasteiger partial charge on any atom is 0.326 e. The van der Waals surface area contributed by atoms with Crippen LogP contribution in [0.15, 0.2) is 17.5 Å². The van der Waals surface area contributed by atoms with Crippen molar-refractivity contribution in [2.45, 2.75) is 32.0 Å². The Morgan fingerprint density at radius 2 is 2.18 bits per heavy atom. The number of carbonyl (C=O) groups is 3. The van der Waals surface area contributed by atoms with E-state index in [-0.39, 0.29) is 18.4 Å². The number of carboxylic acid groups (broad SMARTS) is 1. The Bertz CT molecular complexity index is 573. The summed E-state index contributed by atoms with van der Waals surface area (Å²) in [4.78, 5) is 37.3. The highest BCUT2D eigenvalue weighted by Crippen LogP contribution is 2.22. The molecule has 0 spiro atoms. The first-order valence-electron chi connectivity index (χ1n) is 6.95. The second-order valence-electron chi connectivity index (χ2n) is 5.57. The van der Waals surface area contributed by atoms with Crippen LogP contribution in [0.2, 0.25) is 0 Å². The third-order valence-corrected chi connectivity index (χ3v) is 4.58. The second-order valence-corrected chi connectivity index (χ2v) is 6.55. The number of carboxylic acids is 1. The fraction of sp³-hybridized carbons (Fsp3) is 0.500. The Morgan fingerprint density at radius 1 is 1.50 bits per heavy atom. The van der Waals surface area contributed by atoms with Crippen LogP contribution in [0.25, 0.3) is 0 Å². The van der Waals surface area contributed by atoms with Crippen molar-refractivity contribution in [3.63, 3.8) is 0 Å². The lowest BCUT2D eigenvalue weighted by Gasteiger charge is -2.43. The predicted octanol–water partition coefficient (Wildman–Crippen LogP) is 0.184. The third-order valence-electron chi connectivity index (χ3n) is 3.63. The van der Waals surface area contributed by atoms with Crippen LogP contribution in [-0.4, -0.2) is 46.4 Å². The van der Waals surface area contributed by atoms with E-state index in [9.17, 15) is 19.5 Å². The SMILES string of the molecule is CC(C)C(C(=O)O)N1CC(NC(=O)C(N)c2cccs2)C1=O. The van der Waals surface area contributed by atoms with Crippen LogP contribution < -0.4 is 11.1 Å². The van der Waals surface area contributed by atoms with E-state index in [0.717, 1.165) is 0 Å². The molecule has 1 aromatic heterocycles. The minimum Gasteiger partial charge on any atom is -0.480 e. The lowest BCUT2D eigenvalue weighted by molar-refractivity contribution is -0.162. The summed E-state index contributed by atoms with van der Waals surface area (Å²) in [6.07, 6.45) is 0. The third kappa shape index (κ3) is 3.12. The number of likely N-dealkylation sites (tertiary alicyclic amines) is 1. The van der Waals surface area contributed by atoms with Gasteiger partial charge in [0, 0.05) is 4.88 Å². The maximum absolute atomic E-state index is 12.1. The Labute approximate surface area is 132 Å². The largest absolute Gasteiger partial charge is 0.480 e. The number of hydrogen-bond donors (Lipinski definition) is 3. The highest BCUT2D eigenvalue weighted by atomic mass is 32.1. The number of rotatable bonds is 6. The van der Waals surface area contributed by atoms with Gasteiger partial charge in [0.15, 0.2) is 0 Å². The van der Waals surface area contributed by atoms with E-state index in [1.165, 1.54) is 16.2 Å². The van der Waals surface area contributed by atoms with Gasteiger partial charge in [-0.2, -0.15) is 0 Å². The van der Waals surface area contributed by atoms with Gasteiger partial charge < -0.3 is 21.1 Å². The summed E-state index contributed by atoms with van der Waals surface area (Å²) >= 11 is 1.37. The summed E-state index contributed by atoms with van der Waals surface area (Å²) in [7, 11) is 0. The first-order chi connectivity index (χ1) is 10.3. The summed E-state index contributed by atoms with van der Waals surface area (Å²) in [5.74, 6) is -2.06. The fourth-order valence-electron chi connectivity index (χ4n) is 2.45. The summed E-state index contributed by atoms with van der Waals surface area (Å²) in [6.45, 7) is 3.67. The van der Waals surface area contributed by atoms with Gasteiger partial charge in [-0.05, 0) is 17.4 Å². The number of nitrogens with one attached hydrogen (secondary N) is 1. The van der Waals surface area contributed by atoms with Crippen LogP contribution in [-0.2, 0) is 14.4 Å². The van der Waals surface area contributed by atoms with E-state index in [4.69, 9.17) is 5.73 Å². The fourth-order valence-corrected chi connectivity index (χ4v) is 3.17. The van der Waals surface area contributed by atoms with Gasteiger partial charge in [0.25, 0.3) is 0 Å². The van der Waals surface area contributed by atoms with E-state index < -0.39 is 30.0 Å². The van der Waals surface area contributed by atoms with E-state index in [1.807, 2.05) is 5.38 Å². The number of hydrogen-bond acceptors (Lipinski definition) is 5. The molecule has 22 heavy (non-hydrogen) atoms. The van der Waals surface area contributed by atoms with Crippen molar-refractivity contribution in [2.75, 3.05) is 6.54 Å². The van der Waals surface area contributed by atoms with Crippen molar-refractivity contribution >= 4 is 29.1 Å². The molecule has 1 aliphatic heterocycles. The topological polar surface area (TPSA) is 113 Å². The minimum atomic E-state index is -1.04. The molecule has 0 radical (unpaired) electrons. The highest BCUT2D eigenvalue weighted by Gasteiger charge is 2.45. The maximum atomic E-state index is 12.1. The molecular weight excluding hydrogens is 306 g/mol. The number of nitrogens with zero attached hydrogens (tertiary/aromatic N) is 1. The van der Waals surface area contributed by atoms with Gasteiger partial charge in [-0.25, -0.2) is 4.79 Å². The minimum absolute atomic E-state index is 0.191. The molecule has 0 saturated carbocycles.